The summed E-state index contributed by atoms with van der Waals surface area (Å²) >= 11 is 19.7. The first kappa shape index (κ1) is 20.0. The van der Waals surface area contributed by atoms with Crippen molar-refractivity contribution in [1.29, 1.82) is 0 Å². The average Bonchev–Trinajstić information content (AvgIpc) is 2.96. The maximum Gasteiger partial charge on any atom is 0.262 e. The van der Waals surface area contributed by atoms with Crippen molar-refractivity contribution >= 4 is 68.0 Å². The number of fused-ring (bicyclic) bond motifs is 1. The molecule has 0 fully saturated rings. The molecular formula is C19H15Cl3N2O2S. The normalized spacial score (nSPS) is 10.8. The number of hydrogen-bond donors (Lipinski definition) is 2. The molecule has 0 atom stereocenters. The van der Waals surface area contributed by atoms with E-state index >= 15 is 0 Å². The molecule has 0 saturated carbocycles. The first-order valence-corrected chi connectivity index (χ1v) is 10.1. The van der Waals surface area contributed by atoms with Gasteiger partial charge in [0.25, 0.3) is 5.91 Å². The minimum Gasteiger partial charge on any atom is -0.354 e. The molecule has 4 nitrogen and oxygen atoms in total. The number of halogens is 3. The number of hydrogen-bond acceptors (Lipinski definition) is 3. The number of thiophene rings is 1. The number of benzene rings is 2. The number of amides is 2. The van der Waals surface area contributed by atoms with Crippen LogP contribution in [0.25, 0.3) is 10.1 Å². The Labute approximate surface area is 175 Å². The van der Waals surface area contributed by atoms with Crippen LogP contribution in [0.3, 0.4) is 0 Å². The first-order valence-electron chi connectivity index (χ1n) is 8.11. The molecule has 1 heterocycles. The van der Waals surface area contributed by atoms with Crippen molar-refractivity contribution in [3.05, 3.63) is 68.0 Å². The van der Waals surface area contributed by atoms with Gasteiger partial charge in [-0.1, -0.05) is 65.1 Å². The van der Waals surface area contributed by atoms with Crippen LogP contribution in [0.15, 0.2) is 42.5 Å². The van der Waals surface area contributed by atoms with E-state index in [0.717, 1.165) is 10.3 Å². The summed E-state index contributed by atoms with van der Waals surface area (Å²) < 4.78 is 0.749. The molecule has 2 aromatic carbocycles. The van der Waals surface area contributed by atoms with Gasteiger partial charge in [-0.2, -0.15) is 0 Å². The zero-order chi connectivity index (χ0) is 19.4. The van der Waals surface area contributed by atoms with Gasteiger partial charge in [0.1, 0.15) is 4.88 Å². The summed E-state index contributed by atoms with van der Waals surface area (Å²) in [7, 11) is 0. The van der Waals surface area contributed by atoms with E-state index in [1.807, 2.05) is 30.3 Å². The van der Waals surface area contributed by atoms with Gasteiger partial charge in [0.05, 0.1) is 16.5 Å². The molecule has 140 valence electrons. The fraction of sp³-hybridized carbons (Fsp3) is 0.158. The lowest BCUT2D eigenvalue weighted by Gasteiger charge is -2.07. The highest BCUT2D eigenvalue weighted by molar-refractivity contribution is 7.21. The van der Waals surface area contributed by atoms with E-state index in [1.165, 1.54) is 11.3 Å². The molecule has 0 aliphatic rings. The molecule has 27 heavy (non-hydrogen) atoms. The van der Waals surface area contributed by atoms with Crippen LogP contribution >= 0.6 is 46.1 Å². The van der Waals surface area contributed by atoms with Crippen molar-refractivity contribution in [2.75, 3.05) is 13.1 Å². The molecule has 0 saturated heterocycles. The second-order valence-corrected chi connectivity index (χ2v) is 8.05. The lowest BCUT2D eigenvalue weighted by Crippen LogP contribution is -2.35. The summed E-state index contributed by atoms with van der Waals surface area (Å²) in [5.74, 6) is -0.414. The Morgan fingerprint density at radius 3 is 2.41 bits per heavy atom. The minimum absolute atomic E-state index is 0.100. The first-order chi connectivity index (χ1) is 13.0. The predicted molar refractivity (Wildman–Crippen MR) is 112 cm³/mol. The van der Waals surface area contributed by atoms with Gasteiger partial charge in [0, 0.05) is 28.2 Å². The van der Waals surface area contributed by atoms with E-state index in [0.29, 0.717) is 44.8 Å². The molecule has 0 unspecified atom stereocenters. The van der Waals surface area contributed by atoms with Crippen LogP contribution in [0.1, 0.15) is 15.2 Å². The van der Waals surface area contributed by atoms with E-state index in [1.54, 1.807) is 12.1 Å². The summed E-state index contributed by atoms with van der Waals surface area (Å²) in [5, 5.41) is 7.34. The van der Waals surface area contributed by atoms with Gasteiger partial charge in [-0.15, -0.1) is 11.3 Å². The van der Waals surface area contributed by atoms with E-state index < -0.39 is 0 Å². The second-order valence-electron chi connectivity index (χ2n) is 5.77. The lowest BCUT2D eigenvalue weighted by atomic mass is 10.1. The third-order valence-corrected chi connectivity index (χ3v) is 5.94. The molecule has 8 heteroatoms. The Morgan fingerprint density at radius 2 is 1.67 bits per heavy atom. The molecular weight excluding hydrogens is 427 g/mol. The Kier molecular flexibility index (Phi) is 6.60. The molecule has 3 rings (SSSR count). The number of carbonyl (C=O) groups is 2. The Hall–Kier alpha value is -1.79. The third kappa shape index (κ3) is 4.93. The zero-order valence-corrected chi connectivity index (χ0v) is 17.1. The van der Waals surface area contributed by atoms with E-state index in [2.05, 4.69) is 10.6 Å². The summed E-state index contributed by atoms with van der Waals surface area (Å²) in [5.41, 5.74) is 0.937. The van der Waals surface area contributed by atoms with Gasteiger partial charge in [-0.3, -0.25) is 9.59 Å². The van der Waals surface area contributed by atoms with Crippen LogP contribution in [0.4, 0.5) is 0 Å². The Bertz CT molecular complexity index is 990. The SMILES string of the molecule is O=C(Cc1ccccc1)NCCNC(=O)c1sc2cc(Cl)cc(Cl)c2c1Cl. The van der Waals surface area contributed by atoms with E-state index in [4.69, 9.17) is 34.8 Å². The van der Waals surface area contributed by atoms with Crippen LogP contribution in [-0.4, -0.2) is 24.9 Å². The van der Waals surface area contributed by atoms with Crippen molar-refractivity contribution < 1.29 is 9.59 Å². The third-order valence-electron chi connectivity index (χ3n) is 3.80. The quantitative estimate of drug-likeness (QED) is 0.532. The van der Waals surface area contributed by atoms with Crippen LogP contribution < -0.4 is 10.6 Å². The number of carbonyl (C=O) groups excluding carboxylic acids is 2. The fourth-order valence-corrected chi connectivity index (χ4v) is 4.85. The van der Waals surface area contributed by atoms with Crippen LogP contribution in [-0.2, 0) is 11.2 Å². The van der Waals surface area contributed by atoms with Gasteiger partial charge >= 0.3 is 0 Å². The van der Waals surface area contributed by atoms with Gasteiger partial charge in [-0.25, -0.2) is 0 Å². The van der Waals surface area contributed by atoms with E-state index in [9.17, 15) is 9.59 Å². The monoisotopic (exact) mass is 440 g/mol. The summed E-state index contributed by atoms with van der Waals surface area (Å²) in [6, 6.07) is 12.8. The maximum absolute atomic E-state index is 12.4. The second kappa shape index (κ2) is 8.93. The molecule has 2 amide bonds. The summed E-state index contributed by atoms with van der Waals surface area (Å²) in [6.07, 6.45) is 0.302. The van der Waals surface area contributed by atoms with Gasteiger partial charge in [0.15, 0.2) is 0 Å². The fourth-order valence-electron chi connectivity index (χ4n) is 2.56. The highest BCUT2D eigenvalue weighted by Gasteiger charge is 2.19. The zero-order valence-electron chi connectivity index (χ0n) is 14.0. The van der Waals surface area contributed by atoms with Crippen molar-refractivity contribution in [1.82, 2.24) is 10.6 Å². The molecule has 0 bridgehead atoms. The maximum atomic E-state index is 12.4. The molecule has 0 radical (unpaired) electrons. The molecule has 1 aromatic heterocycles. The largest absolute Gasteiger partial charge is 0.354 e. The highest BCUT2D eigenvalue weighted by Crippen LogP contribution is 2.41. The van der Waals surface area contributed by atoms with Crippen LogP contribution in [0.5, 0.6) is 0 Å². The predicted octanol–water partition coefficient (Wildman–Crippen LogP) is 4.95. The van der Waals surface area contributed by atoms with Crippen LogP contribution in [0.2, 0.25) is 15.1 Å². The molecule has 0 spiro atoms. The molecule has 2 N–H and O–H groups in total. The molecule has 0 aliphatic heterocycles. The van der Waals surface area contributed by atoms with Crippen molar-refractivity contribution in [3.63, 3.8) is 0 Å². The van der Waals surface area contributed by atoms with Crippen molar-refractivity contribution in [3.8, 4) is 0 Å². The summed E-state index contributed by atoms with van der Waals surface area (Å²) in [4.78, 5) is 24.7. The summed E-state index contributed by atoms with van der Waals surface area (Å²) in [6.45, 7) is 0.616. The Morgan fingerprint density at radius 1 is 0.963 bits per heavy atom. The van der Waals surface area contributed by atoms with Gasteiger partial charge in [-0.05, 0) is 17.7 Å². The van der Waals surface area contributed by atoms with Crippen molar-refractivity contribution in [2.45, 2.75) is 6.42 Å². The van der Waals surface area contributed by atoms with Gasteiger partial charge < -0.3 is 10.6 Å². The lowest BCUT2D eigenvalue weighted by molar-refractivity contribution is -0.120. The van der Waals surface area contributed by atoms with Gasteiger partial charge in [0.2, 0.25) is 5.91 Å². The van der Waals surface area contributed by atoms with E-state index in [-0.39, 0.29) is 11.8 Å². The van der Waals surface area contributed by atoms with Crippen LogP contribution in [0, 0.1) is 0 Å². The smallest absolute Gasteiger partial charge is 0.262 e. The molecule has 0 aliphatic carbocycles. The standard InChI is InChI=1S/C19H15Cl3N2O2S/c20-12-9-13(21)16-14(10-12)27-18(17(16)22)19(26)24-7-6-23-15(25)8-11-4-2-1-3-5-11/h1-5,9-10H,6-8H2,(H,23,25)(H,24,26). The number of nitrogens with one attached hydrogen (secondary N) is 2. The Balaban J connectivity index is 1.54. The minimum atomic E-state index is -0.314. The topological polar surface area (TPSA) is 58.2 Å². The highest BCUT2D eigenvalue weighted by atomic mass is 35.5. The van der Waals surface area contributed by atoms with Crippen molar-refractivity contribution in [2.24, 2.45) is 0 Å². The average molecular weight is 442 g/mol. The number of rotatable bonds is 6. The molecule has 3 aromatic rings.